The quantitative estimate of drug-likeness (QED) is 0.473. The smallest absolute Gasteiger partial charge is 0.150 e. The second-order valence-electron chi connectivity index (χ2n) is 6.37. The van der Waals surface area contributed by atoms with E-state index in [-0.39, 0.29) is 0 Å². The summed E-state index contributed by atoms with van der Waals surface area (Å²) in [6.45, 7) is 0. The van der Waals surface area contributed by atoms with Gasteiger partial charge in [0, 0.05) is 20.7 Å². The van der Waals surface area contributed by atoms with E-state index in [2.05, 4.69) is 42.5 Å². The van der Waals surface area contributed by atoms with Gasteiger partial charge in [0.05, 0.1) is 0 Å². The first-order chi connectivity index (χ1) is 12.3. The molecule has 0 unspecified atom stereocenters. The molecular weight excluding hydrogens is 324 g/mol. The zero-order chi connectivity index (χ0) is 16.9. The molecule has 1 heterocycles. The van der Waals surface area contributed by atoms with Crippen molar-refractivity contribution >= 4 is 33.6 Å². The second-order valence-corrected chi connectivity index (χ2v) is 7.45. The molecule has 1 aliphatic carbocycles. The number of aliphatic hydroxyl groups is 1. The molecular formula is C23H16OS. The molecule has 1 aliphatic rings. The first-order valence-corrected chi connectivity index (χ1v) is 9.17. The molecule has 5 rings (SSSR count). The van der Waals surface area contributed by atoms with E-state index in [1.165, 1.54) is 10.1 Å². The molecule has 1 nitrogen and oxygen atoms in total. The molecule has 120 valence electrons. The highest BCUT2D eigenvalue weighted by Crippen LogP contribution is 2.46. The Morgan fingerprint density at radius 3 is 1.88 bits per heavy atom. The number of hydrogen-bond donors (Lipinski definition) is 1. The third-order valence-corrected chi connectivity index (χ3v) is 6.15. The molecule has 1 N–H and O–H groups in total. The molecule has 3 aromatic carbocycles. The van der Waals surface area contributed by atoms with E-state index in [1.54, 1.807) is 11.3 Å². The van der Waals surface area contributed by atoms with Crippen molar-refractivity contribution in [1.29, 1.82) is 0 Å². The second kappa shape index (κ2) is 5.41. The Morgan fingerprint density at radius 2 is 1.24 bits per heavy atom. The van der Waals surface area contributed by atoms with Crippen LogP contribution in [0.15, 0.2) is 78.9 Å². The van der Waals surface area contributed by atoms with E-state index in [1.807, 2.05) is 48.5 Å². The summed E-state index contributed by atoms with van der Waals surface area (Å²) in [4.78, 5) is 0.956. The van der Waals surface area contributed by atoms with Crippen LogP contribution in [0.25, 0.3) is 22.2 Å². The fraction of sp³-hybridized carbons (Fsp3) is 0.0435. The van der Waals surface area contributed by atoms with Crippen LogP contribution in [-0.4, -0.2) is 5.11 Å². The van der Waals surface area contributed by atoms with Crippen LogP contribution in [0.4, 0.5) is 0 Å². The molecule has 0 spiro atoms. The Kier molecular flexibility index (Phi) is 3.17. The molecule has 0 radical (unpaired) electrons. The lowest BCUT2D eigenvalue weighted by Crippen LogP contribution is -2.29. The first kappa shape index (κ1) is 14.6. The van der Waals surface area contributed by atoms with Crippen LogP contribution in [0.2, 0.25) is 0 Å². The molecule has 2 heteroatoms. The van der Waals surface area contributed by atoms with Gasteiger partial charge in [-0.1, -0.05) is 78.9 Å². The van der Waals surface area contributed by atoms with Crippen molar-refractivity contribution in [2.75, 3.05) is 0 Å². The molecule has 0 aliphatic heterocycles. The molecule has 0 atom stereocenters. The van der Waals surface area contributed by atoms with E-state index in [9.17, 15) is 5.11 Å². The van der Waals surface area contributed by atoms with Crippen molar-refractivity contribution in [1.82, 2.24) is 0 Å². The van der Waals surface area contributed by atoms with Crippen molar-refractivity contribution in [2.45, 2.75) is 5.60 Å². The molecule has 0 amide bonds. The first-order valence-electron chi connectivity index (χ1n) is 8.35. The van der Waals surface area contributed by atoms with E-state index < -0.39 is 5.60 Å². The Bertz CT molecular complexity index is 1040. The van der Waals surface area contributed by atoms with Gasteiger partial charge in [0.1, 0.15) is 0 Å². The minimum absolute atomic E-state index is 0.933. The van der Waals surface area contributed by atoms with Gasteiger partial charge in [-0.25, -0.2) is 0 Å². The number of hydrogen-bond acceptors (Lipinski definition) is 2. The van der Waals surface area contributed by atoms with E-state index >= 15 is 0 Å². The lowest BCUT2D eigenvalue weighted by atomic mass is 9.82. The average Bonchev–Trinajstić information content (AvgIpc) is 3.06. The Morgan fingerprint density at radius 1 is 0.680 bits per heavy atom. The third-order valence-electron chi connectivity index (χ3n) is 4.93. The molecule has 0 fully saturated rings. The summed E-state index contributed by atoms with van der Waals surface area (Å²) in [5.41, 5.74) is 2.82. The van der Waals surface area contributed by atoms with Crippen LogP contribution in [0.5, 0.6) is 0 Å². The number of benzene rings is 3. The van der Waals surface area contributed by atoms with Gasteiger partial charge in [-0.15, -0.1) is 11.3 Å². The SMILES string of the molecule is OC1(c2cc3ccccc3s2)c2ccccc2C=Cc2ccccc21. The minimum atomic E-state index is -1.15. The normalized spacial score (nSPS) is 14.8. The summed E-state index contributed by atoms with van der Waals surface area (Å²) in [6, 6.07) is 26.7. The predicted molar refractivity (Wildman–Crippen MR) is 106 cm³/mol. The van der Waals surface area contributed by atoms with Gasteiger partial charge in [-0.3, -0.25) is 0 Å². The standard InChI is InChI=1S/C23H16OS/c24-23(22-15-18-9-3-6-12-21(18)25-22)19-10-4-1-7-16(19)13-14-17-8-2-5-11-20(17)23/h1-15,24H. The minimum Gasteiger partial charge on any atom is -0.375 e. The fourth-order valence-corrected chi connectivity index (χ4v) is 4.88. The van der Waals surface area contributed by atoms with E-state index in [0.717, 1.165) is 27.1 Å². The Labute approximate surface area is 150 Å². The lowest BCUT2D eigenvalue weighted by Gasteiger charge is -2.30. The van der Waals surface area contributed by atoms with Gasteiger partial charge >= 0.3 is 0 Å². The van der Waals surface area contributed by atoms with E-state index in [0.29, 0.717) is 0 Å². The zero-order valence-electron chi connectivity index (χ0n) is 13.5. The lowest BCUT2D eigenvalue weighted by molar-refractivity contribution is 0.129. The van der Waals surface area contributed by atoms with Gasteiger partial charge in [-0.05, 0) is 28.6 Å². The zero-order valence-corrected chi connectivity index (χ0v) is 14.3. The number of fused-ring (bicyclic) bond motifs is 3. The summed E-state index contributed by atoms with van der Waals surface area (Å²) in [7, 11) is 0. The summed E-state index contributed by atoms with van der Waals surface area (Å²) >= 11 is 1.66. The van der Waals surface area contributed by atoms with E-state index in [4.69, 9.17) is 0 Å². The van der Waals surface area contributed by atoms with Crippen molar-refractivity contribution in [3.8, 4) is 0 Å². The van der Waals surface area contributed by atoms with Crippen LogP contribution in [-0.2, 0) is 5.60 Å². The van der Waals surface area contributed by atoms with Crippen LogP contribution in [0.1, 0.15) is 27.1 Å². The Balaban J connectivity index is 1.88. The Hall–Kier alpha value is -2.68. The van der Waals surface area contributed by atoms with Crippen LogP contribution in [0.3, 0.4) is 0 Å². The summed E-state index contributed by atoms with van der Waals surface area (Å²) in [5, 5.41) is 13.3. The maximum atomic E-state index is 12.1. The largest absolute Gasteiger partial charge is 0.375 e. The van der Waals surface area contributed by atoms with Crippen LogP contribution < -0.4 is 0 Å². The van der Waals surface area contributed by atoms with Gasteiger partial charge in [0.25, 0.3) is 0 Å². The molecule has 0 bridgehead atoms. The maximum absolute atomic E-state index is 12.1. The highest BCUT2D eigenvalue weighted by Gasteiger charge is 2.39. The molecule has 25 heavy (non-hydrogen) atoms. The van der Waals surface area contributed by atoms with Crippen molar-refractivity contribution in [2.24, 2.45) is 0 Å². The van der Waals surface area contributed by atoms with Gasteiger partial charge < -0.3 is 5.11 Å². The number of rotatable bonds is 1. The highest BCUT2D eigenvalue weighted by molar-refractivity contribution is 7.19. The van der Waals surface area contributed by atoms with Crippen LogP contribution >= 0.6 is 11.3 Å². The third kappa shape index (κ3) is 2.12. The summed E-state index contributed by atoms with van der Waals surface area (Å²) in [6.07, 6.45) is 4.19. The molecule has 0 saturated heterocycles. The molecule has 4 aromatic rings. The monoisotopic (exact) mass is 340 g/mol. The predicted octanol–water partition coefficient (Wildman–Crippen LogP) is 5.67. The molecule has 1 aromatic heterocycles. The molecule has 0 saturated carbocycles. The summed E-state index contributed by atoms with van der Waals surface area (Å²) in [5.74, 6) is 0. The maximum Gasteiger partial charge on any atom is 0.150 e. The van der Waals surface area contributed by atoms with Crippen molar-refractivity contribution < 1.29 is 5.11 Å². The van der Waals surface area contributed by atoms with Gasteiger partial charge in [-0.2, -0.15) is 0 Å². The van der Waals surface area contributed by atoms with Gasteiger partial charge in [0.2, 0.25) is 0 Å². The summed E-state index contributed by atoms with van der Waals surface area (Å²) < 4.78 is 1.19. The highest BCUT2D eigenvalue weighted by atomic mass is 32.1. The topological polar surface area (TPSA) is 20.2 Å². The number of thiophene rings is 1. The van der Waals surface area contributed by atoms with Crippen molar-refractivity contribution in [3.05, 3.63) is 106 Å². The van der Waals surface area contributed by atoms with Crippen molar-refractivity contribution in [3.63, 3.8) is 0 Å². The van der Waals surface area contributed by atoms with Gasteiger partial charge in [0.15, 0.2) is 5.60 Å². The average molecular weight is 340 g/mol. The van der Waals surface area contributed by atoms with Crippen LogP contribution in [0, 0.1) is 0 Å². The fourth-order valence-electron chi connectivity index (χ4n) is 3.69.